The normalized spacial score (nSPS) is 21.8. The number of amides is 1. The molecule has 1 amide bonds. The number of rotatable bonds is 3. The van der Waals surface area contributed by atoms with E-state index in [0.717, 1.165) is 57.1 Å². The number of hydrogen-bond donors (Lipinski definition) is 0. The van der Waals surface area contributed by atoms with Gasteiger partial charge in [0.15, 0.2) is 5.76 Å². The zero-order chi connectivity index (χ0) is 17.2. The molecule has 1 atom stereocenters. The summed E-state index contributed by atoms with van der Waals surface area (Å²) in [6.07, 6.45) is 4.28. The van der Waals surface area contributed by atoms with Gasteiger partial charge in [0.1, 0.15) is 0 Å². The summed E-state index contributed by atoms with van der Waals surface area (Å²) >= 11 is 0. The van der Waals surface area contributed by atoms with Gasteiger partial charge in [-0.1, -0.05) is 0 Å². The quantitative estimate of drug-likeness (QED) is 0.845. The Morgan fingerprint density at radius 3 is 2.88 bits per heavy atom. The monoisotopic (exact) mass is 344 g/mol. The maximum absolute atomic E-state index is 13.2. The highest BCUT2D eigenvalue weighted by Gasteiger charge is 2.32. The molecule has 7 heteroatoms. The summed E-state index contributed by atoms with van der Waals surface area (Å²) < 4.78 is 12.9. The van der Waals surface area contributed by atoms with E-state index in [-0.39, 0.29) is 11.9 Å². The first-order chi connectivity index (χ1) is 12.2. The first-order valence-electron chi connectivity index (χ1n) is 8.88. The Labute approximate surface area is 147 Å². The molecule has 7 nitrogen and oxygen atoms in total. The Morgan fingerprint density at radius 2 is 2.12 bits per heavy atom. The average Bonchev–Trinajstić information content (AvgIpc) is 3.22. The summed E-state index contributed by atoms with van der Waals surface area (Å²) in [6.45, 7) is 7.53. The predicted molar refractivity (Wildman–Crippen MR) is 91.2 cm³/mol. The van der Waals surface area contributed by atoms with Gasteiger partial charge in [-0.2, -0.15) is 5.10 Å². The fourth-order valence-electron chi connectivity index (χ4n) is 3.66. The second-order valence-electron chi connectivity index (χ2n) is 6.77. The zero-order valence-electron chi connectivity index (χ0n) is 14.6. The standard InChI is InChI=1S/C18H24N4O3/c1-14-4-9-25-17(14)18(23)21-13-16-2-5-19-22(16)6-3-15(21)12-20-7-10-24-11-8-20/h2,4-5,9,15H,3,6-8,10-13H2,1H3/t15-/m0/s1. The van der Waals surface area contributed by atoms with Gasteiger partial charge in [-0.25, -0.2) is 0 Å². The molecule has 0 radical (unpaired) electrons. The highest BCUT2D eigenvalue weighted by molar-refractivity contribution is 5.93. The van der Waals surface area contributed by atoms with Crippen molar-refractivity contribution in [2.45, 2.75) is 32.5 Å². The third kappa shape index (κ3) is 3.34. The van der Waals surface area contributed by atoms with Crippen molar-refractivity contribution in [1.82, 2.24) is 19.6 Å². The number of ether oxygens (including phenoxy) is 1. The zero-order valence-corrected chi connectivity index (χ0v) is 14.6. The summed E-state index contributed by atoms with van der Waals surface area (Å²) in [6, 6.07) is 3.97. The molecule has 1 fully saturated rings. The molecular weight excluding hydrogens is 320 g/mol. The van der Waals surface area contributed by atoms with E-state index in [4.69, 9.17) is 9.15 Å². The number of carbonyl (C=O) groups is 1. The predicted octanol–water partition coefficient (Wildman–Crippen LogP) is 1.53. The molecule has 0 spiro atoms. The Kier molecular flexibility index (Phi) is 4.59. The van der Waals surface area contributed by atoms with Crippen LogP contribution in [-0.4, -0.2) is 64.4 Å². The smallest absolute Gasteiger partial charge is 0.290 e. The number of fused-ring (bicyclic) bond motifs is 1. The van der Waals surface area contributed by atoms with Crippen LogP contribution in [0, 0.1) is 6.92 Å². The molecule has 134 valence electrons. The SMILES string of the molecule is Cc1ccoc1C(=O)N1Cc2ccnn2CC[C@H]1CN1CCOCC1. The molecule has 2 aliphatic heterocycles. The Balaban J connectivity index is 1.59. The van der Waals surface area contributed by atoms with E-state index in [0.29, 0.717) is 12.3 Å². The first-order valence-corrected chi connectivity index (χ1v) is 8.88. The Morgan fingerprint density at radius 1 is 1.28 bits per heavy atom. The van der Waals surface area contributed by atoms with Gasteiger partial charge in [-0.05, 0) is 25.5 Å². The number of nitrogens with zero attached hydrogens (tertiary/aromatic N) is 4. The molecule has 2 aromatic rings. The van der Waals surface area contributed by atoms with Crippen LogP contribution in [0.1, 0.15) is 28.2 Å². The van der Waals surface area contributed by atoms with Crippen LogP contribution in [0.2, 0.25) is 0 Å². The Hall–Kier alpha value is -2.12. The van der Waals surface area contributed by atoms with E-state index < -0.39 is 0 Å². The molecule has 4 heterocycles. The van der Waals surface area contributed by atoms with Crippen molar-refractivity contribution in [1.29, 1.82) is 0 Å². The van der Waals surface area contributed by atoms with Crippen LogP contribution in [0.4, 0.5) is 0 Å². The average molecular weight is 344 g/mol. The lowest BCUT2D eigenvalue weighted by atomic mass is 10.1. The molecule has 0 saturated carbocycles. The van der Waals surface area contributed by atoms with Gasteiger partial charge < -0.3 is 14.1 Å². The maximum atomic E-state index is 13.2. The molecular formula is C18H24N4O3. The lowest BCUT2D eigenvalue weighted by Crippen LogP contribution is -2.48. The second kappa shape index (κ2) is 7.01. The fourth-order valence-corrected chi connectivity index (χ4v) is 3.66. The third-order valence-electron chi connectivity index (χ3n) is 5.14. The molecule has 25 heavy (non-hydrogen) atoms. The lowest BCUT2D eigenvalue weighted by Gasteiger charge is -2.35. The van der Waals surface area contributed by atoms with Crippen molar-refractivity contribution in [3.8, 4) is 0 Å². The molecule has 4 rings (SSSR count). The van der Waals surface area contributed by atoms with E-state index in [2.05, 4.69) is 10.00 Å². The highest BCUT2D eigenvalue weighted by atomic mass is 16.5. The van der Waals surface area contributed by atoms with Crippen LogP contribution < -0.4 is 0 Å². The van der Waals surface area contributed by atoms with E-state index in [1.54, 1.807) is 12.5 Å². The molecule has 2 aliphatic rings. The minimum Gasteiger partial charge on any atom is -0.459 e. The van der Waals surface area contributed by atoms with Gasteiger partial charge in [0.25, 0.3) is 5.91 Å². The van der Waals surface area contributed by atoms with Crippen molar-refractivity contribution in [3.05, 3.63) is 41.6 Å². The Bertz CT molecular complexity index is 732. The van der Waals surface area contributed by atoms with Crippen LogP contribution in [0.5, 0.6) is 0 Å². The summed E-state index contributed by atoms with van der Waals surface area (Å²) in [7, 11) is 0. The molecule has 0 N–H and O–H groups in total. The van der Waals surface area contributed by atoms with Crippen molar-refractivity contribution in [2.75, 3.05) is 32.8 Å². The van der Waals surface area contributed by atoms with Crippen molar-refractivity contribution in [3.63, 3.8) is 0 Å². The molecule has 0 unspecified atom stereocenters. The largest absolute Gasteiger partial charge is 0.459 e. The van der Waals surface area contributed by atoms with Crippen molar-refractivity contribution < 1.29 is 13.9 Å². The van der Waals surface area contributed by atoms with Crippen LogP contribution >= 0.6 is 0 Å². The lowest BCUT2D eigenvalue weighted by molar-refractivity contribution is 0.0195. The minimum atomic E-state index is -0.0320. The number of hydrogen-bond acceptors (Lipinski definition) is 5. The number of morpholine rings is 1. The minimum absolute atomic E-state index is 0.0320. The second-order valence-corrected chi connectivity index (χ2v) is 6.77. The number of furan rings is 1. The van der Waals surface area contributed by atoms with E-state index >= 15 is 0 Å². The highest BCUT2D eigenvalue weighted by Crippen LogP contribution is 2.22. The topological polar surface area (TPSA) is 63.7 Å². The third-order valence-corrected chi connectivity index (χ3v) is 5.14. The number of carbonyl (C=O) groups excluding carboxylic acids is 1. The summed E-state index contributed by atoms with van der Waals surface area (Å²) in [5, 5.41) is 4.39. The molecule has 0 aromatic carbocycles. The molecule has 1 saturated heterocycles. The van der Waals surface area contributed by atoms with Gasteiger partial charge >= 0.3 is 0 Å². The summed E-state index contributed by atoms with van der Waals surface area (Å²) in [5.74, 6) is 0.412. The van der Waals surface area contributed by atoms with E-state index in [9.17, 15) is 4.79 Å². The van der Waals surface area contributed by atoms with Crippen LogP contribution in [0.3, 0.4) is 0 Å². The van der Waals surface area contributed by atoms with Crippen molar-refractivity contribution >= 4 is 5.91 Å². The molecule has 0 aliphatic carbocycles. The van der Waals surface area contributed by atoms with Crippen LogP contribution in [0.15, 0.2) is 29.0 Å². The summed E-state index contributed by atoms with van der Waals surface area (Å²) in [5.41, 5.74) is 1.95. The van der Waals surface area contributed by atoms with Crippen LogP contribution in [-0.2, 0) is 17.8 Å². The first kappa shape index (κ1) is 16.4. The van der Waals surface area contributed by atoms with Crippen LogP contribution in [0.25, 0.3) is 0 Å². The maximum Gasteiger partial charge on any atom is 0.290 e. The van der Waals surface area contributed by atoms with Crippen molar-refractivity contribution in [2.24, 2.45) is 0 Å². The molecule has 2 aromatic heterocycles. The summed E-state index contributed by atoms with van der Waals surface area (Å²) in [4.78, 5) is 17.5. The van der Waals surface area contributed by atoms with E-state index in [1.165, 1.54) is 0 Å². The van der Waals surface area contributed by atoms with Gasteiger partial charge in [0.05, 0.1) is 31.7 Å². The number of aromatic nitrogens is 2. The van der Waals surface area contributed by atoms with Gasteiger partial charge in [0.2, 0.25) is 0 Å². The van der Waals surface area contributed by atoms with E-state index in [1.807, 2.05) is 28.6 Å². The molecule has 0 bridgehead atoms. The van der Waals surface area contributed by atoms with Gasteiger partial charge in [0, 0.05) is 44.0 Å². The van der Waals surface area contributed by atoms with Gasteiger partial charge in [-0.15, -0.1) is 0 Å². The fraction of sp³-hybridized carbons (Fsp3) is 0.556. The number of aryl methyl sites for hydroxylation is 2. The van der Waals surface area contributed by atoms with Gasteiger partial charge in [-0.3, -0.25) is 14.4 Å².